The molecule has 0 radical (unpaired) electrons. The molecular formula is C15H19NO3S. The van der Waals surface area contributed by atoms with Gasteiger partial charge in [0.15, 0.2) is 0 Å². The van der Waals surface area contributed by atoms with Crippen LogP contribution in [-0.2, 0) is 17.6 Å². The van der Waals surface area contributed by atoms with E-state index in [0.717, 1.165) is 30.6 Å². The van der Waals surface area contributed by atoms with E-state index in [1.54, 1.807) is 16.2 Å². The number of thiophene rings is 1. The van der Waals surface area contributed by atoms with Crippen LogP contribution in [0.2, 0.25) is 0 Å². The second kappa shape index (κ2) is 5.56. The van der Waals surface area contributed by atoms with Crippen LogP contribution >= 0.6 is 11.3 Å². The van der Waals surface area contributed by atoms with Crippen molar-refractivity contribution in [3.63, 3.8) is 0 Å². The second-order valence-corrected chi connectivity index (χ2v) is 6.80. The summed E-state index contributed by atoms with van der Waals surface area (Å²) >= 11 is 1.61. The van der Waals surface area contributed by atoms with Crippen LogP contribution in [0.4, 0.5) is 0 Å². The summed E-state index contributed by atoms with van der Waals surface area (Å²) in [6.45, 7) is 0.694. The number of nitrogens with zero attached hydrogens (tertiary/aromatic N) is 1. The Morgan fingerprint density at radius 3 is 2.85 bits per heavy atom. The van der Waals surface area contributed by atoms with Gasteiger partial charge in [-0.3, -0.25) is 9.59 Å². The van der Waals surface area contributed by atoms with Gasteiger partial charge >= 0.3 is 5.97 Å². The van der Waals surface area contributed by atoms with Gasteiger partial charge in [-0.2, -0.15) is 0 Å². The van der Waals surface area contributed by atoms with Gasteiger partial charge in [0.25, 0.3) is 5.91 Å². The number of aliphatic carboxylic acids is 1. The Morgan fingerprint density at radius 2 is 2.10 bits per heavy atom. The smallest absolute Gasteiger partial charge is 0.305 e. The van der Waals surface area contributed by atoms with Gasteiger partial charge in [-0.25, -0.2) is 0 Å². The van der Waals surface area contributed by atoms with Gasteiger partial charge in [0.1, 0.15) is 0 Å². The number of amides is 1. The molecule has 1 aromatic heterocycles. The number of aryl methyl sites for hydroxylation is 2. The van der Waals surface area contributed by atoms with Gasteiger partial charge in [0, 0.05) is 17.5 Å². The van der Waals surface area contributed by atoms with E-state index in [1.165, 1.54) is 23.3 Å². The maximum absolute atomic E-state index is 12.6. The average Bonchev–Trinajstić information content (AvgIpc) is 3.03. The van der Waals surface area contributed by atoms with Crippen molar-refractivity contribution in [3.05, 3.63) is 21.4 Å². The van der Waals surface area contributed by atoms with Crippen LogP contribution in [-0.4, -0.2) is 34.5 Å². The van der Waals surface area contributed by atoms with Crippen LogP contribution in [0.3, 0.4) is 0 Å². The fourth-order valence-corrected chi connectivity index (χ4v) is 4.46. The highest BCUT2D eigenvalue weighted by atomic mass is 32.1. The van der Waals surface area contributed by atoms with Crippen molar-refractivity contribution in [2.45, 2.75) is 51.0 Å². The van der Waals surface area contributed by atoms with Crippen molar-refractivity contribution >= 4 is 23.2 Å². The molecule has 1 atom stereocenters. The second-order valence-electron chi connectivity index (χ2n) is 5.66. The number of carboxylic acids is 1. The van der Waals surface area contributed by atoms with Crippen LogP contribution in [0.15, 0.2) is 6.07 Å². The first kappa shape index (κ1) is 13.6. The molecule has 0 saturated carbocycles. The number of hydrogen-bond acceptors (Lipinski definition) is 3. The first-order valence-electron chi connectivity index (χ1n) is 7.29. The molecular weight excluding hydrogens is 274 g/mol. The van der Waals surface area contributed by atoms with Crippen LogP contribution < -0.4 is 0 Å². The minimum absolute atomic E-state index is 0.0353. The Labute approximate surface area is 122 Å². The molecule has 1 aromatic rings. The predicted molar refractivity (Wildman–Crippen MR) is 77.3 cm³/mol. The van der Waals surface area contributed by atoms with Crippen molar-refractivity contribution < 1.29 is 14.7 Å². The largest absolute Gasteiger partial charge is 0.481 e. The molecule has 5 heteroatoms. The van der Waals surface area contributed by atoms with E-state index >= 15 is 0 Å². The maximum atomic E-state index is 12.6. The van der Waals surface area contributed by atoms with E-state index in [4.69, 9.17) is 5.11 Å². The summed E-state index contributed by atoms with van der Waals surface area (Å²) in [5, 5.41) is 8.94. The number of likely N-dealkylation sites (tertiary alicyclic amines) is 1. The highest BCUT2D eigenvalue weighted by molar-refractivity contribution is 7.14. The number of fused-ring (bicyclic) bond motifs is 1. The Morgan fingerprint density at radius 1 is 1.30 bits per heavy atom. The summed E-state index contributed by atoms with van der Waals surface area (Å²) in [6, 6.07) is 1.91. The fraction of sp³-hybridized carbons (Fsp3) is 0.600. The SMILES string of the molecule is O=C(O)CC1CCCN1C(=O)c1cc2c(s1)CCCC2. The van der Waals surface area contributed by atoms with E-state index in [1.807, 2.05) is 6.07 Å². The van der Waals surface area contributed by atoms with Crippen LogP contribution in [0.5, 0.6) is 0 Å². The number of hydrogen-bond donors (Lipinski definition) is 1. The lowest BCUT2D eigenvalue weighted by Gasteiger charge is -2.22. The highest BCUT2D eigenvalue weighted by Crippen LogP contribution is 2.32. The minimum atomic E-state index is -0.819. The number of carbonyl (C=O) groups excluding carboxylic acids is 1. The van der Waals surface area contributed by atoms with Crippen LogP contribution in [0.1, 0.15) is 52.2 Å². The molecule has 2 heterocycles. The number of carbonyl (C=O) groups is 2. The molecule has 4 nitrogen and oxygen atoms in total. The topological polar surface area (TPSA) is 57.6 Å². The molecule has 0 bridgehead atoms. The van der Waals surface area contributed by atoms with Gasteiger partial charge < -0.3 is 10.0 Å². The Bertz CT molecular complexity index is 514. The molecule has 0 aromatic carbocycles. The fourth-order valence-electron chi connectivity index (χ4n) is 3.25. The zero-order valence-electron chi connectivity index (χ0n) is 11.4. The summed E-state index contributed by atoms with van der Waals surface area (Å²) in [4.78, 5) is 27.4. The van der Waals surface area contributed by atoms with Gasteiger partial charge in [0.05, 0.1) is 11.3 Å². The molecule has 1 fully saturated rings. The number of rotatable bonds is 3. The van der Waals surface area contributed by atoms with Gasteiger partial charge in [-0.1, -0.05) is 0 Å². The van der Waals surface area contributed by atoms with E-state index in [2.05, 4.69) is 0 Å². The van der Waals surface area contributed by atoms with Crippen molar-refractivity contribution in [2.24, 2.45) is 0 Å². The van der Waals surface area contributed by atoms with E-state index in [9.17, 15) is 9.59 Å². The van der Waals surface area contributed by atoms with E-state index < -0.39 is 5.97 Å². The normalized spacial score (nSPS) is 21.8. The third-order valence-electron chi connectivity index (χ3n) is 4.26. The summed E-state index contributed by atoms with van der Waals surface area (Å²) in [5.41, 5.74) is 1.33. The highest BCUT2D eigenvalue weighted by Gasteiger charge is 2.32. The summed E-state index contributed by atoms with van der Waals surface area (Å²) < 4.78 is 0. The maximum Gasteiger partial charge on any atom is 0.305 e. The zero-order valence-corrected chi connectivity index (χ0v) is 12.2. The lowest BCUT2D eigenvalue weighted by molar-refractivity contribution is -0.137. The molecule has 1 saturated heterocycles. The van der Waals surface area contributed by atoms with Gasteiger partial charge in [0.2, 0.25) is 0 Å². The van der Waals surface area contributed by atoms with Gasteiger partial charge in [-0.15, -0.1) is 11.3 Å². The standard InChI is InChI=1S/C15H19NO3S/c17-14(18)9-11-5-3-7-16(11)15(19)13-8-10-4-1-2-6-12(10)20-13/h8,11H,1-7,9H2,(H,17,18). The molecule has 1 aliphatic heterocycles. The summed E-state index contributed by atoms with van der Waals surface area (Å²) in [6.07, 6.45) is 6.38. The quantitative estimate of drug-likeness (QED) is 0.932. The monoisotopic (exact) mass is 293 g/mol. The number of carboxylic acid groups (broad SMARTS) is 1. The summed E-state index contributed by atoms with van der Waals surface area (Å²) in [7, 11) is 0. The minimum Gasteiger partial charge on any atom is -0.481 e. The van der Waals surface area contributed by atoms with Crippen molar-refractivity contribution in [2.75, 3.05) is 6.54 Å². The molecule has 1 amide bonds. The molecule has 20 heavy (non-hydrogen) atoms. The molecule has 2 aliphatic rings. The molecule has 0 spiro atoms. The Hall–Kier alpha value is -1.36. The molecule has 108 valence electrons. The van der Waals surface area contributed by atoms with E-state index in [-0.39, 0.29) is 18.4 Å². The first-order chi connectivity index (χ1) is 9.65. The predicted octanol–water partition coefficient (Wildman–Crippen LogP) is 2.71. The average molecular weight is 293 g/mol. The lowest BCUT2D eigenvalue weighted by Crippen LogP contribution is -2.36. The molecule has 1 N–H and O–H groups in total. The third kappa shape index (κ3) is 2.59. The molecule has 3 rings (SSSR count). The first-order valence-corrected chi connectivity index (χ1v) is 8.11. The molecule has 1 unspecified atom stereocenters. The Kier molecular flexibility index (Phi) is 3.78. The molecule has 1 aliphatic carbocycles. The van der Waals surface area contributed by atoms with E-state index in [0.29, 0.717) is 6.54 Å². The van der Waals surface area contributed by atoms with Crippen LogP contribution in [0.25, 0.3) is 0 Å². The Balaban J connectivity index is 1.77. The lowest BCUT2D eigenvalue weighted by atomic mass is 9.99. The van der Waals surface area contributed by atoms with Crippen molar-refractivity contribution in [1.82, 2.24) is 4.90 Å². The van der Waals surface area contributed by atoms with Gasteiger partial charge in [-0.05, 0) is 50.2 Å². The van der Waals surface area contributed by atoms with Crippen molar-refractivity contribution in [3.8, 4) is 0 Å². The summed E-state index contributed by atoms with van der Waals surface area (Å²) in [5.74, 6) is -0.784. The zero-order chi connectivity index (χ0) is 14.1. The third-order valence-corrected chi connectivity index (χ3v) is 5.48. The van der Waals surface area contributed by atoms with Crippen molar-refractivity contribution in [1.29, 1.82) is 0 Å². The van der Waals surface area contributed by atoms with Crippen LogP contribution in [0, 0.1) is 0 Å².